The molecular formula is C12H18O. The van der Waals surface area contributed by atoms with E-state index < -0.39 is 0 Å². The van der Waals surface area contributed by atoms with Crippen LogP contribution < -0.4 is 0 Å². The lowest BCUT2D eigenvalue weighted by Crippen LogP contribution is -2.51. The Hall–Kier alpha value is -0.330. The van der Waals surface area contributed by atoms with Gasteiger partial charge in [0.15, 0.2) is 0 Å². The zero-order valence-corrected chi connectivity index (χ0v) is 8.27. The Balaban J connectivity index is 2.02. The molecule has 13 heavy (non-hydrogen) atoms. The summed E-state index contributed by atoms with van der Waals surface area (Å²) < 4.78 is 0. The lowest BCUT2D eigenvalue weighted by Gasteiger charge is -2.54. The van der Waals surface area contributed by atoms with E-state index in [9.17, 15) is 4.79 Å². The Morgan fingerprint density at radius 3 is 2.46 bits per heavy atom. The molecule has 3 fully saturated rings. The second kappa shape index (κ2) is 2.37. The number of rotatable bonds is 0. The number of hydrogen-bond donors (Lipinski definition) is 0. The van der Waals surface area contributed by atoms with Crippen LogP contribution in [0.1, 0.15) is 57.8 Å². The molecule has 0 aromatic heterocycles. The van der Waals surface area contributed by atoms with Crippen LogP contribution in [0, 0.1) is 10.8 Å². The average Bonchev–Trinajstić information content (AvgIpc) is 2.32. The van der Waals surface area contributed by atoms with Crippen molar-refractivity contribution in [1.82, 2.24) is 0 Å². The molecule has 72 valence electrons. The van der Waals surface area contributed by atoms with Gasteiger partial charge in [-0.2, -0.15) is 0 Å². The summed E-state index contributed by atoms with van der Waals surface area (Å²) in [5.74, 6) is 0.633. The Morgan fingerprint density at radius 2 is 1.69 bits per heavy atom. The molecule has 2 atom stereocenters. The van der Waals surface area contributed by atoms with Gasteiger partial charge in [-0.3, -0.25) is 4.79 Å². The van der Waals surface area contributed by atoms with Gasteiger partial charge in [0.25, 0.3) is 0 Å². The van der Waals surface area contributed by atoms with E-state index >= 15 is 0 Å². The second-order valence-corrected chi connectivity index (χ2v) is 5.35. The highest BCUT2D eigenvalue weighted by Crippen LogP contribution is 2.70. The summed E-state index contributed by atoms with van der Waals surface area (Å²) in [6.45, 7) is 0. The third-order valence-electron chi connectivity index (χ3n) is 5.15. The zero-order chi connectivity index (χ0) is 8.94. The molecule has 0 saturated heterocycles. The quantitative estimate of drug-likeness (QED) is 0.557. The van der Waals surface area contributed by atoms with Crippen LogP contribution in [0.2, 0.25) is 0 Å². The Kier molecular flexibility index (Phi) is 1.46. The monoisotopic (exact) mass is 178 g/mol. The van der Waals surface area contributed by atoms with Crippen LogP contribution in [-0.2, 0) is 4.79 Å². The first-order valence-corrected chi connectivity index (χ1v) is 5.83. The van der Waals surface area contributed by atoms with Gasteiger partial charge in [0.05, 0.1) is 0 Å². The number of Topliss-reactive ketones (excluding diaryl/α,β-unsaturated/α-hetero) is 1. The molecule has 0 amide bonds. The summed E-state index contributed by atoms with van der Waals surface area (Å²) in [6, 6.07) is 0. The molecule has 0 bridgehead atoms. The number of ketones is 1. The van der Waals surface area contributed by atoms with Crippen molar-refractivity contribution < 1.29 is 4.79 Å². The van der Waals surface area contributed by atoms with Gasteiger partial charge in [0, 0.05) is 11.8 Å². The van der Waals surface area contributed by atoms with E-state index in [0.29, 0.717) is 11.2 Å². The van der Waals surface area contributed by atoms with Crippen LogP contribution in [0.4, 0.5) is 0 Å². The van der Waals surface area contributed by atoms with Crippen LogP contribution in [0.25, 0.3) is 0 Å². The van der Waals surface area contributed by atoms with E-state index in [0.717, 1.165) is 6.42 Å². The fourth-order valence-corrected chi connectivity index (χ4v) is 4.32. The van der Waals surface area contributed by atoms with Gasteiger partial charge in [-0.15, -0.1) is 0 Å². The van der Waals surface area contributed by atoms with Gasteiger partial charge in [-0.25, -0.2) is 0 Å². The van der Waals surface area contributed by atoms with Crippen molar-refractivity contribution in [1.29, 1.82) is 0 Å². The first-order valence-electron chi connectivity index (χ1n) is 5.83. The van der Waals surface area contributed by atoms with Gasteiger partial charge in [-0.1, -0.05) is 12.8 Å². The smallest absolute Gasteiger partial charge is 0.139 e. The van der Waals surface area contributed by atoms with Gasteiger partial charge >= 0.3 is 0 Å². The first-order chi connectivity index (χ1) is 6.29. The second-order valence-electron chi connectivity index (χ2n) is 5.35. The summed E-state index contributed by atoms with van der Waals surface area (Å²) >= 11 is 0. The Labute approximate surface area is 79.9 Å². The number of carbonyl (C=O) groups is 1. The van der Waals surface area contributed by atoms with Crippen LogP contribution in [-0.4, -0.2) is 5.78 Å². The van der Waals surface area contributed by atoms with Crippen LogP contribution in [0.5, 0.6) is 0 Å². The van der Waals surface area contributed by atoms with Crippen LogP contribution >= 0.6 is 0 Å². The molecule has 0 spiro atoms. The topological polar surface area (TPSA) is 17.1 Å². The molecule has 0 N–H and O–H groups in total. The molecule has 3 saturated carbocycles. The average molecular weight is 178 g/mol. The summed E-state index contributed by atoms with van der Waals surface area (Å²) in [7, 11) is 0. The van der Waals surface area contributed by atoms with E-state index in [-0.39, 0.29) is 5.41 Å². The molecule has 2 unspecified atom stereocenters. The molecule has 0 aromatic carbocycles. The third kappa shape index (κ3) is 0.769. The highest BCUT2D eigenvalue weighted by molar-refractivity contribution is 5.87. The molecular weight excluding hydrogens is 160 g/mol. The summed E-state index contributed by atoms with van der Waals surface area (Å²) in [6.07, 6.45) is 11.2. The fraction of sp³-hybridized carbons (Fsp3) is 0.917. The highest BCUT2D eigenvalue weighted by atomic mass is 16.1. The van der Waals surface area contributed by atoms with Crippen molar-refractivity contribution in [3.8, 4) is 0 Å². The number of hydrogen-bond acceptors (Lipinski definition) is 1. The first kappa shape index (κ1) is 8.02. The minimum absolute atomic E-state index is 0.212. The van der Waals surface area contributed by atoms with Crippen molar-refractivity contribution in [3.05, 3.63) is 0 Å². The van der Waals surface area contributed by atoms with Crippen LogP contribution in [0.3, 0.4) is 0 Å². The minimum atomic E-state index is 0.212. The molecule has 0 aromatic rings. The standard InChI is InChI=1S/C12H18O/c13-10-4-1-2-5-11-6-3-7-12(10,11)9-8-11/h1-9H2. The van der Waals surface area contributed by atoms with Gasteiger partial charge in [-0.05, 0) is 43.9 Å². The third-order valence-corrected chi connectivity index (χ3v) is 5.15. The SMILES string of the molecule is O=C1CCCCC23CCCC12CC3. The van der Waals surface area contributed by atoms with Crippen molar-refractivity contribution in [3.63, 3.8) is 0 Å². The molecule has 1 heteroatoms. The summed E-state index contributed by atoms with van der Waals surface area (Å²) in [5.41, 5.74) is 0.726. The molecule has 0 heterocycles. The van der Waals surface area contributed by atoms with Crippen molar-refractivity contribution in [2.24, 2.45) is 10.8 Å². The van der Waals surface area contributed by atoms with Gasteiger partial charge in [0.1, 0.15) is 5.78 Å². The Bertz CT molecular complexity index is 258. The molecule has 3 aliphatic rings. The molecule has 0 radical (unpaired) electrons. The summed E-state index contributed by atoms with van der Waals surface area (Å²) in [5, 5.41) is 0. The Morgan fingerprint density at radius 1 is 0.846 bits per heavy atom. The van der Waals surface area contributed by atoms with Gasteiger partial charge < -0.3 is 0 Å². The van der Waals surface area contributed by atoms with Crippen LogP contribution in [0.15, 0.2) is 0 Å². The van der Waals surface area contributed by atoms with Crippen molar-refractivity contribution in [2.45, 2.75) is 57.8 Å². The molecule has 3 aliphatic carbocycles. The lowest BCUT2D eigenvalue weighted by atomic mass is 9.48. The van der Waals surface area contributed by atoms with E-state index in [1.165, 1.54) is 51.4 Å². The number of carbonyl (C=O) groups excluding carboxylic acids is 1. The van der Waals surface area contributed by atoms with E-state index in [2.05, 4.69) is 0 Å². The predicted molar refractivity (Wildman–Crippen MR) is 51.4 cm³/mol. The molecule has 1 nitrogen and oxygen atoms in total. The van der Waals surface area contributed by atoms with E-state index in [1.807, 2.05) is 0 Å². The predicted octanol–water partition coefficient (Wildman–Crippen LogP) is 3.08. The lowest BCUT2D eigenvalue weighted by molar-refractivity contribution is -0.147. The zero-order valence-electron chi connectivity index (χ0n) is 8.27. The summed E-state index contributed by atoms with van der Waals surface area (Å²) in [4.78, 5) is 12.1. The largest absolute Gasteiger partial charge is 0.299 e. The van der Waals surface area contributed by atoms with Gasteiger partial charge in [0.2, 0.25) is 0 Å². The molecule has 0 aliphatic heterocycles. The fourth-order valence-electron chi connectivity index (χ4n) is 4.32. The maximum atomic E-state index is 12.1. The normalized spacial score (nSPS) is 49.1. The molecule has 3 rings (SSSR count). The van der Waals surface area contributed by atoms with Crippen molar-refractivity contribution >= 4 is 5.78 Å². The maximum Gasteiger partial charge on any atom is 0.139 e. The van der Waals surface area contributed by atoms with Crippen molar-refractivity contribution in [2.75, 3.05) is 0 Å². The van der Waals surface area contributed by atoms with E-state index in [4.69, 9.17) is 0 Å². The van der Waals surface area contributed by atoms with E-state index in [1.54, 1.807) is 0 Å². The maximum absolute atomic E-state index is 12.1. The minimum Gasteiger partial charge on any atom is -0.299 e. The highest BCUT2D eigenvalue weighted by Gasteiger charge is 2.64.